The smallest absolute Gasteiger partial charge is 0.296 e. The van der Waals surface area contributed by atoms with Crippen molar-refractivity contribution < 1.29 is 4.79 Å². The van der Waals surface area contributed by atoms with Gasteiger partial charge in [0.05, 0.1) is 16.8 Å². The van der Waals surface area contributed by atoms with Gasteiger partial charge in [-0.1, -0.05) is 23.5 Å². The van der Waals surface area contributed by atoms with Crippen LogP contribution in [0.1, 0.15) is 21.7 Å². The Bertz CT molecular complexity index is 1070. The highest BCUT2D eigenvalue weighted by Gasteiger charge is 2.24. The fourth-order valence-electron chi connectivity index (χ4n) is 2.73. The van der Waals surface area contributed by atoms with Gasteiger partial charge in [0.15, 0.2) is 11.0 Å². The van der Waals surface area contributed by atoms with Crippen molar-refractivity contribution >= 4 is 32.6 Å². The van der Waals surface area contributed by atoms with Crippen LogP contribution in [0.25, 0.3) is 10.2 Å². The van der Waals surface area contributed by atoms with E-state index in [0.29, 0.717) is 17.5 Å². The molecule has 4 rings (SSSR count). The van der Waals surface area contributed by atoms with Crippen molar-refractivity contribution in [3.63, 3.8) is 0 Å². The lowest BCUT2D eigenvalue weighted by Gasteiger charge is -2.19. The highest BCUT2D eigenvalue weighted by Crippen LogP contribution is 2.31. The van der Waals surface area contributed by atoms with E-state index in [2.05, 4.69) is 21.0 Å². The Labute approximate surface area is 154 Å². The van der Waals surface area contributed by atoms with Crippen LogP contribution in [0, 0.1) is 6.92 Å². The Morgan fingerprint density at radius 1 is 1.27 bits per heavy atom. The molecule has 0 bridgehead atoms. The number of carbonyl (C=O) groups excluding carboxylic acids is 1. The van der Waals surface area contributed by atoms with E-state index >= 15 is 0 Å². The van der Waals surface area contributed by atoms with Crippen molar-refractivity contribution in [1.82, 2.24) is 19.5 Å². The summed E-state index contributed by atoms with van der Waals surface area (Å²) in [6.45, 7) is 2.43. The zero-order valence-electron chi connectivity index (χ0n) is 14.5. The van der Waals surface area contributed by atoms with E-state index in [1.165, 1.54) is 16.9 Å². The summed E-state index contributed by atoms with van der Waals surface area (Å²) in [6, 6.07) is 9.91. The van der Waals surface area contributed by atoms with Crippen LogP contribution in [-0.4, -0.2) is 25.4 Å². The number of benzene rings is 1. The van der Waals surface area contributed by atoms with Gasteiger partial charge in [-0.25, -0.2) is 9.97 Å². The molecule has 1 amide bonds. The summed E-state index contributed by atoms with van der Waals surface area (Å²) in [4.78, 5) is 27.9. The molecule has 3 aromatic heterocycles. The summed E-state index contributed by atoms with van der Waals surface area (Å²) >= 11 is 1.51. The first kappa shape index (κ1) is 16.4. The van der Waals surface area contributed by atoms with Crippen molar-refractivity contribution in [1.29, 1.82) is 0 Å². The first-order valence-electron chi connectivity index (χ1n) is 8.17. The van der Waals surface area contributed by atoms with E-state index in [1.807, 2.05) is 38.2 Å². The molecule has 0 saturated carbocycles. The molecular formula is C19H17N5OS. The Hall–Kier alpha value is -3.06. The molecule has 0 unspecified atom stereocenters. The summed E-state index contributed by atoms with van der Waals surface area (Å²) < 4.78 is 2.78. The molecule has 0 aliphatic heterocycles. The van der Waals surface area contributed by atoms with Gasteiger partial charge in [-0.05, 0) is 36.2 Å². The van der Waals surface area contributed by atoms with Gasteiger partial charge >= 0.3 is 0 Å². The summed E-state index contributed by atoms with van der Waals surface area (Å²) in [5, 5.41) is 0.655. The van der Waals surface area contributed by atoms with E-state index in [9.17, 15) is 4.79 Å². The van der Waals surface area contributed by atoms with Crippen LogP contribution in [0.2, 0.25) is 0 Å². The summed E-state index contributed by atoms with van der Waals surface area (Å²) in [5.41, 5.74) is 2.99. The highest BCUT2D eigenvalue weighted by molar-refractivity contribution is 7.22. The van der Waals surface area contributed by atoms with Gasteiger partial charge in [0.2, 0.25) is 0 Å². The van der Waals surface area contributed by atoms with E-state index in [0.717, 1.165) is 15.8 Å². The topological polar surface area (TPSA) is 63.9 Å². The van der Waals surface area contributed by atoms with Gasteiger partial charge < -0.3 is 4.57 Å². The minimum Gasteiger partial charge on any atom is -0.330 e. The Kier molecular flexibility index (Phi) is 4.22. The summed E-state index contributed by atoms with van der Waals surface area (Å²) in [6.07, 6.45) is 6.86. The number of anilines is 1. The van der Waals surface area contributed by atoms with Crippen molar-refractivity contribution in [2.45, 2.75) is 13.5 Å². The maximum atomic E-state index is 13.2. The Balaban J connectivity index is 1.78. The van der Waals surface area contributed by atoms with Gasteiger partial charge in [-0.3, -0.25) is 14.7 Å². The molecule has 7 heteroatoms. The first-order valence-corrected chi connectivity index (χ1v) is 8.99. The Morgan fingerprint density at radius 2 is 2.15 bits per heavy atom. The largest absolute Gasteiger partial charge is 0.330 e. The van der Waals surface area contributed by atoms with Crippen LogP contribution in [-0.2, 0) is 13.6 Å². The number of rotatable bonds is 4. The number of nitrogens with zero attached hydrogens (tertiary/aromatic N) is 5. The number of pyridine rings is 1. The minimum atomic E-state index is -0.183. The second kappa shape index (κ2) is 6.68. The fraction of sp³-hybridized carbons (Fsp3) is 0.158. The SMILES string of the molecule is Cc1ccc2nc(N(Cc3cccnc3)C(=O)c3nccn3C)sc2c1. The monoisotopic (exact) mass is 363 g/mol. The van der Waals surface area contributed by atoms with Gasteiger partial charge in [-0.2, -0.15) is 0 Å². The molecule has 0 aliphatic rings. The molecule has 0 radical (unpaired) electrons. The quantitative estimate of drug-likeness (QED) is 0.556. The second-order valence-electron chi connectivity index (χ2n) is 6.08. The van der Waals surface area contributed by atoms with Crippen molar-refractivity contribution in [2.75, 3.05) is 4.90 Å². The zero-order chi connectivity index (χ0) is 18.1. The average Bonchev–Trinajstić information content (AvgIpc) is 3.25. The van der Waals surface area contributed by atoms with E-state index < -0.39 is 0 Å². The van der Waals surface area contributed by atoms with Gasteiger partial charge in [0.25, 0.3) is 5.91 Å². The van der Waals surface area contributed by atoms with E-state index in [-0.39, 0.29) is 5.91 Å². The fourth-order valence-corrected chi connectivity index (χ4v) is 3.79. The predicted octanol–water partition coefficient (Wildman–Crippen LogP) is 3.58. The molecule has 0 aliphatic carbocycles. The highest BCUT2D eigenvalue weighted by atomic mass is 32.1. The third-order valence-electron chi connectivity index (χ3n) is 4.08. The molecule has 0 fully saturated rings. The third-order valence-corrected chi connectivity index (χ3v) is 5.13. The Morgan fingerprint density at radius 3 is 2.88 bits per heavy atom. The molecule has 4 aromatic rings. The van der Waals surface area contributed by atoms with Crippen LogP contribution in [0.4, 0.5) is 5.13 Å². The molecule has 0 N–H and O–H groups in total. The van der Waals surface area contributed by atoms with Crippen LogP contribution < -0.4 is 4.90 Å². The van der Waals surface area contributed by atoms with Crippen molar-refractivity contribution in [2.24, 2.45) is 7.05 Å². The summed E-state index contributed by atoms with van der Waals surface area (Å²) in [5.74, 6) is 0.196. The summed E-state index contributed by atoms with van der Waals surface area (Å²) in [7, 11) is 1.81. The van der Waals surface area contributed by atoms with Crippen LogP contribution in [0.15, 0.2) is 55.1 Å². The van der Waals surface area contributed by atoms with Gasteiger partial charge in [0, 0.05) is 31.8 Å². The second-order valence-corrected chi connectivity index (χ2v) is 7.09. The number of hydrogen-bond acceptors (Lipinski definition) is 5. The molecule has 3 heterocycles. The first-order chi connectivity index (χ1) is 12.6. The molecular weight excluding hydrogens is 346 g/mol. The van der Waals surface area contributed by atoms with Crippen LogP contribution in [0.5, 0.6) is 0 Å². The number of amides is 1. The number of aromatic nitrogens is 4. The van der Waals surface area contributed by atoms with E-state index in [1.54, 1.807) is 34.3 Å². The lowest BCUT2D eigenvalue weighted by molar-refractivity contribution is 0.0972. The standard InChI is InChI=1S/C19H17N5OS/c1-13-5-6-15-16(10-13)26-19(22-15)24(12-14-4-3-7-20-11-14)18(25)17-21-8-9-23(17)2/h3-11H,12H2,1-2H3. The number of aryl methyl sites for hydroxylation is 2. The molecule has 0 atom stereocenters. The molecule has 1 aromatic carbocycles. The predicted molar refractivity (Wildman–Crippen MR) is 102 cm³/mol. The average molecular weight is 363 g/mol. The van der Waals surface area contributed by atoms with E-state index in [4.69, 9.17) is 0 Å². The molecule has 130 valence electrons. The lowest BCUT2D eigenvalue weighted by atomic mass is 10.2. The van der Waals surface area contributed by atoms with Crippen LogP contribution in [0.3, 0.4) is 0 Å². The van der Waals surface area contributed by atoms with Crippen molar-refractivity contribution in [3.05, 3.63) is 72.1 Å². The molecule has 0 saturated heterocycles. The number of hydrogen-bond donors (Lipinski definition) is 0. The normalized spacial score (nSPS) is 11.0. The van der Waals surface area contributed by atoms with Gasteiger partial charge in [0.1, 0.15) is 0 Å². The lowest BCUT2D eigenvalue weighted by Crippen LogP contribution is -2.32. The number of imidazole rings is 1. The van der Waals surface area contributed by atoms with Crippen molar-refractivity contribution in [3.8, 4) is 0 Å². The maximum Gasteiger partial charge on any atom is 0.296 e. The minimum absolute atomic E-state index is 0.183. The third kappa shape index (κ3) is 3.09. The number of fused-ring (bicyclic) bond motifs is 1. The van der Waals surface area contributed by atoms with Gasteiger partial charge in [-0.15, -0.1) is 0 Å². The number of carbonyl (C=O) groups is 1. The maximum absolute atomic E-state index is 13.2. The van der Waals surface area contributed by atoms with Crippen LogP contribution >= 0.6 is 11.3 Å². The number of thiazole rings is 1. The molecule has 26 heavy (non-hydrogen) atoms. The molecule has 0 spiro atoms. The zero-order valence-corrected chi connectivity index (χ0v) is 15.3. The molecule has 6 nitrogen and oxygen atoms in total.